The maximum atomic E-state index is 10.9. The van der Waals surface area contributed by atoms with E-state index in [0.29, 0.717) is 0 Å². The summed E-state index contributed by atoms with van der Waals surface area (Å²) < 4.78 is 5.17. The van der Waals surface area contributed by atoms with Crippen molar-refractivity contribution in [3.05, 3.63) is 29.8 Å². The fraction of sp³-hybridized carbons (Fsp3) is 0.500. The molecule has 2 unspecified atom stereocenters. The van der Waals surface area contributed by atoms with Gasteiger partial charge in [-0.15, -0.1) is 0 Å². The number of carboxylic acid groups (broad SMARTS) is 1. The van der Waals surface area contributed by atoms with Crippen LogP contribution in [0.25, 0.3) is 0 Å². The Balaban J connectivity index is 2.69. The Morgan fingerprint density at radius 2 is 2.00 bits per heavy atom. The zero-order valence-corrected chi connectivity index (χ0v) is 11.3. The van der Waals surface area contributed by atoms with E-state index in [9.17, 15) is 4.79 Å². The molecule has 1 aromatic carbocycles. The van der Waals surface area contributed by atoms with Gasteiger partial charge in [0, 0.05) is 12.1 Å². The molecule has 0 aliphatic rings. The number of carbonyl (C=O) groups is 1. The maximum Gasteiger partial charge on any atom is 0.307 e. The molecule has 0 amide bonds. The van der Waals surface area contributed by atoms with E-state index in [0.717, 1.165) is 11.3 Å². The highest BCUT2D eigenvalue weighted by molar-refractivity contribution is 5.70. The van der Waals surface area contributed by atoms with Crippen LogP contribution in [0.2, 0.25) is 0 Å². The van der Waals surface area contributed by atoms with E-state index in [-0.39, 0.29) is 12.1 Å². The van der Waals surface area contributed by atoms with E-state index < -0.39 is 11.9 Å². The first-order chi connectivity index (χ1) is 8.45. The molecular weight excluding hydrogens is 230 g/mol. The third-order valence-corrected chi connectivity index (χ3v) is 3.25. The van der Waals surface area contributed by atoms with Gasteiger partial charge in [-0.3, -0.25) is 4.79 Å². The molecule has 0 spiro atoms. The SMILES string of the molecule is COc1cccc([C@H](C)NC(C)C(C)C(=O)O)c1. The smallest absolute Gasteiger partial charge is 0.307 e. The van der Waals surface area contributed by atoms with Crippen molar-refractivity contribution in [2.24, 2.45) is 5.92 Å². The van der Waals surface area contributed by atoms with Crippen LogP contribution in [-0.4, -0.2) is 24.2 Å². The molecule has 1 aromatic rings. The number of carboxylic acids is 1. The van der Waals surface area contributed by atoms with E-state index >= 15 is 0 Å². The van der Waals surface area contributed by atoms with Crippen LogP contribution in [0.15, 0.2) is 24.3 Å². The van der Waals surface area contributed by atoms with Gasteiger partial charge in [0.05, 0.1) is 13.0 Å². The summed E-state index contributed by atoms with van der Waals surface area (Å²) in [6, 6.07) is 7.76. The Bertz CT molecular complexity index is 406. The lowest BCUT2D eigenvalue weighted by Crippen LogP contribution is -2.37. The normalized spacial score (nSPS) is 15.8. The molecule has 0 saturated carbocycles. The second-order valence-corrected chi connectivity index (χ2v) is 4.58. The quantitative estimate of drug-likeness (QED) is 0.815. The molecule has 3 atom stereocenters. The highest BCUT2D eigenvalue weighted by Crippen LogP contribution is 2.20. The molecule has 0 heterocycles. The second kappa shape index (κ2) is 6.40. The summed E-state index contributed by atoms with van der Waals surface area (Å²) in [4.78, 5) is 10.9. The Morgan fingerprint density at radius 3 is 2.56 bits per heavy atom. The van der Waals surface area contributed by atoms with Crippen molar-refractivity contribution < 1.29 is 14.6 Å². The molecule has 0 fully saturated rings. The number of ether oxygens (including phenoxy) is 1. The second-order valence-electron chi connectivity index (χ2n) is 4.58. The Labute approximate surface area is 108 Å². The summed E-state index contributed by atoms with van der Waals surface area (Å²) in [5.74, 6) is -0.397. The number of rotatable bonds is 6. The van der Waals surface area contributed by atoms with Crippen molar-refractivity contribution in [2.45, 2.75) is 32.9 Å². The molecule has 0 aliphatic heterocycles. The highest BCUT2D eigenvalue weighted by Gasteiger charge is 2.21. The fourth-order valence-electron chi connectivity index (χ4n) is 1.76. The van der Waals surface area contributed by atoms with Gasteiger partial charge in [0.2, 0.25) is 0 Å². The summed E-state index contributed by atoms with van der Waals surface area (Å²) in [6.45, 7) is 5.60. The van der Waals surface area contributed by atoms with Crippen molar-refractivity contribution in [1.29, 1.82) is 0 Å². The maximum absolute atomic E-state index is 10.9. The molecule has 18 heavy (non-hydrogen) atoms. The molecule has 0 aliphatic carbocycles. The van der Waals surface area contributed by atoms with Crippen molar-refractivity contribution >= 4 is 5.97 Å². The van der Waals surface area contributed by atoms with Crippen LogP contribution in [0.4, 0.5) is 0 Å². The Hall–Kier alpha value is -1.55. The third kappa shape index (κ3) is 3.74. The Kier molecular flexibility index (Phi) is 5.16. The first-order valence-corrected chi connectivity index (χ1v) is 6.08. The van der Waals surface area contributed by atoms with E-state index in [1.165, 1.54) is 0 Å². The van der Waals surface area contributed by atoms with E-state index in [4.69, 9.17) is 9.84 Å². The number of nitrogens with one attached hydrogen (secondary N) is 1. The van der Waals surface area contributed by atoms with Crippen LogP contribution >= 0.6 is 0 Å². The average Bonchev–Trinajstić information content (AvgIpc) is 2.37. The van der Waals surface area contributed by atoms with E-state index in [2.05, 4.69) is 5.32 Å². The van der Waals surface area contributed by atoms with Gasteiger partial charge in [0.15, 0.2) is 0 Å². The van der Waals surface area contributed by atoms with Crippen LogP contribution in [0.3, 0.4) is 0 Å². The lowest BCUT2D eigenvalue weighted by atomic mass is 10.0. The lowest BCUT2D eigenvalue weighted by molar-refractivity contribution is -0.142. The first-order valence-electron chi connectivity index (χ1n) is 6.08. The minimum absolute atomic E-state index is 0.0805. The number of hydrogen-bond acceptors (Lipinski definition) is 3. The molecule has 0 aromatic heterocycles. The first kappa shape index (κ1) is 14.5. The minimum Gasteiger partial charge on any atom is -0.497 e. The lowest BCUT2D eigenvalue weighted by Gasteiger charge is -2.23. The van der Waals surface area contributed by atoms with Gasteiger partial charge in [-0.25, -0.2) is 0 Å². The van der Waals surface area contributed by atoms with Crippen molar-refractivity contribution in [2.75, 3.05) is 7.11 Å². The standard InChI is InChI=1S/C14H21NO3/c1-9(14(16)17)10(2)15-11(3)12-6-5-7-13(8-12)18-4/h5-11,15H,1-4H3,(H,16,17)/t9?,10?,11-/m0/s1. The van der Waals surface area contributed by atoms with Crippen LogP contribution < -0.4 is 10.1 Å². The number of benzene rings is 1. The predicted octanol–water partition coefficient (Wildman–Crippen LogP) is 2.46. The van der Waals surface area contributed by atoms with Gasteiger partial charge < -0.3 is 15.2 Å². The molecule has 4 nitrogen and oxygen atoms in total. The summed E-state index contributed by atoms with van der Waals surface area (Å²) in [5, 5.41) is 12.3. The molecular formula is C14H21NO3. The van der Waals surface area contributed by atoms with Crippen LogP contribution in [0.1, 0.15) is 32.4 Å². The fourth-order valence-corrected chi connectivity index (χ4v) is 1.76. The molecule has 1 rings (SSSR count). The topological polar surface area (TPSA) is 58.6 Å². The summed E-state index contributed by atoms with van der Waals surface area (Å²) in [6.07, 6.45) is 0. The average molecular weight is 251 g/mol. The van der Waals surface area contributed by atoms with Crippen molar-refractivity contribution in [3.8, 4) is 5.75 Å². The van der Waals surface area contributed by atoms with Gasteiger partial charge in [0.25, 0.3) is 0 Å². The monoisotopic (exact) mass is 251 g/mol. The van der Waals surface area contributed by atoms with Gasteiger partial charge in [-0.2, -0.15) is 0 Å². The molecule has 4 heteroatoms. The van der Waals surface area contributed by atoms with Gasteiger partial charge >= 0.3 is 5.97 Å². The molecule has 0 saturated heterocycles. The largest absolute Gasteiger partial charge is 0.497 e. The van der Waals surface area contributed by atoms with Crippen molar-refractivity contribution in [1.82, 2.24) is 5.32 Å². The van der Waals surface area contributed by atoms with Gasteiger partial charge in [-0.1, -0.05) is 19.1 Å². The summed E-state index contributed by atoms with van der Waals surface area (Å²) >= 11 is 0. The zero-order valence-electron chi connectivity index (χ0n) is 11.3. The molecule has 2 N–H and O–H groups in total. The van der Waals surface area contributed by atoms with Gasteiger partial charge in [-0.05, 0) is 31.5 Å². The van der Waals surface area contributed by atoms with Crippen LogP contribution in [-0.2, 0) is 4.79 Å². The predicted molar refractivity (Wildman–Crippen MR) is 70.8 cm³/mol. The number of aliphatic carboxylic acids is 1. The van der Waals surface area contributed by atoms with Crippen molar-refractivity contribution in [3.63, 3.8) is 0 Å². The summed E-state index contributed by atoms with van der Waals surface area (Å²) in [5.41, 5.74) is 1.08. The highest BCUT2D eigenvalue weighted by atomic mass is 16.5. The summed E-state index contributed by atoms with van der Waals surface area (Å²) in [7, 11) is 1.63. The van der Waals surface area contributed by atoms with E-state index in [1.54, 1.807) is 14.0 Å². The zero-order chi connectivity index (χ0) is 13.7. The number of methoxy groups -OCH3 is 1. The molecule has 100 valence electrons. The Morgan fingerprint density at radius 1 is 1.33 bits per heavy atom. The van der Waals surface area contributed by atoms with Crippen LogP contribution in [0.5, 0.6) is 5.75 Å². The molecule has 0 bridgehead atoms. The molecule has 0 radical (unpaired) electrons. The minimum atomic E-state index is -0.784. The number of hydrogen-bond donors (Lipinski definition) is 2. The van der Waals surface area contributed by atoms with Gasteiger partial charge in [0.1, 0.15) is 5.75 Å². The third-order valence-electron chi connectivity index (χ3n) is 3.25. The van der Waals surface area contributed by atoms with E-state index in [1.807, 2.05) is 38.1 Å². The van der Waals surface area contributed by atoms with Crippen LogP contribution in [0, 0.1) is 5.92 Å².